The van der Waals surface area contributed by atoms with Gasteiger partial charge in [0.25, 0.3) is 0 Å². The summed E-state index contributed by atoms with van der Waals surface area (Å²) in [5.41, 5.74) is 7.72. The summed E-state index contributed by atoms with van der Waals surface area (Å²) in [5.74, 6) is -0.184. The quantitative estimate of drug-likeness (QED) is 0.820. The van der Waals surface area contributed by atoms with Gasteiger partial charge >= 0.3 is 0 Å². The van der Waals surface area contributed by atoms with E-state index in [-0.39, 0.29) is 5.82 Å². The minimum absolute atomic E-state index is 0.184. The van der Waals surface area contributed by atoms with Crippen LogP contribution in [0.15, 0.2) is 36.4 Å². The Morgan fingerprint density at radius 1 is 1.17 bits per heavy atom. The lowest BCUT2D eigenvalue weighted by Gasteiger charge is -2.36. The SMILES string of the molecule is C=C(CN)CN1CCN(c2ccc(F)cc2)CC1. The highest BCUT2D eigenvalue weighted by Gasteiger charge is 2.17. The van der Waals surface area contributed by atoms with Crippen molar-refractivity contribution in [2.45, 2.75) is 0 Å². The highest BCUT2D eigenvalue weighted by Crippen LogP contribution is 2.17. The average Bonchev–Trinajstić information content (AvgIpc) is 2.40. The maximum absolute atomic E-state index is 12.9. The zero-order chi connectivity index (χ0) is 13.0. The molecule has 0 radical (unpaired) electrons. The normalized spacial score (nSPS) is 16.9. The first-order chi connectivity index (χ1) is 8.69. The molecule has 2 rings (SSSR count). The van der Waals surface area contributed by atoms with E-state index in [0.717, 1.165) is 44.0 Å². The highest BCUT2D eigenvalue weighted by molar-refractivity contribution is 5.46. The molecule has 1 fully saturated rings. The largest absolute Gasteiger partial charge is 0.369 e. The number of anilines is 1. The third kappa shape index (κ3) is 3.31. The fourth-order valence-corrected chi connectivity index (χ4v) is 2.20. The molecule has 18 heavy (non-hydrogen) atoms. The Labute approximate surface area is 108 Å². The second kappa shape index (κ2) is 5.98. The first-order valence-corrected chi connectivity index (χ1v) is 6.28. The van der Waals surface area contributed by atoms with Gasteiger partial charge < -0.3 is 10.6 Å². The highest BCUT2D eigenvalue weighted by atomic mass is 19.1. The number of rotatable bonds is 4. The van der Waals surface area contributed by atoms with Crippen LogP contribution in [0.2, 0.25) is 0 Å². The number of nitrogens with zero attached hydrogens (tertiary/aromatic N) is 2. The lowest BCUT2D eigenvalue weighted by Crippen LogP contribution is -2.47. The monoisotopic (exact) mass is 249 g/mol. The fraction of sp³-hybridized carbons (Fsp3) is 0.429. The van der Waals surface area contributed by atoms with Crippen molar-refractivity contribution in [2.75, 3.05) is 44.2 Å². The molecule has 0 bridgehead atoms. The molecule has 0 saturated carbocycles. The summed E-state index contributed by atoms with van der Waals surface area (Å²) in [5, 5.41) is 0. The van der Waals surface area contributed by atoms with Gasteiger partial charge in [0.2, 0.25) is 0 Å². The molecule has 1 aliphatic rings. The van der Waals surface area contributed by atoms with Crippen LogP contribution >= 0.6 is 0 Å². The van der Waals surface area contributed by atoms with Crippen LogP contribution in [-0.2, 0) is 0 Å². The van der Waals surface area contributed by atoms with E-state index < -0.39 is 0 Å². The predicted octanol–water partition coefficient (Wildman–Crippen LogP) is 1.46. The Hall–Kier alpha value is -1.39. The van der Waals surface area contributed by atoms with E-state index in [1.807, 2.05) is 12.1 Å². The standard InChI is InChI=1S/C14H20FN3/c1-12(10-16)11-17-6-8-18(9-7-17)14-4-2-13(15)3-5-14/h2-5H,1,6-11,16H2. The summed E-state index contributed by atoms with van der Waals surface area (Å²) < 4.78 is 12.9. The van der Waals surface area contributed by atoms with Crippen LogP contribution in [0.3, 0.4) is 0 Å². The number of hydrogen-bond acceptors (Lipinski definition) is 3. The van der Waals surface area contributed by atoms with Crippen molar-refractivity contribution < 1.29 is 4.39 Å². The maximum Gasteiger partial charge on any atom is 0.123 e. The molecule has 98 valence electrons. The van der Waals surface area contributed by atoms with Crippen molar-refractivity contribution in [3.8, 4) is 0 Å². The van der Waals surface area contributed by atoms with Crippen molar-refractivity contribution in [2.24, 2.45) is 5.73 Å². The molecule has 4 heteroatoms. The number of halogens is 1. The van der Waals surface area contributed by atoms with E-state index in [0.29, 0.717) is 6.54 Å². The molecule has 0 aliphatic carbocycles. The molecule has 1 aliphatic heterocycles. The number of hydrogen-bond donors (Lipinski definition) is 1. The summed E-state index contributed by atoms with van der Waals surface area (Å²) in [6, 6.07) is 6.70. The van der Waals surface area contributed by atoms with Gasteiger partial charge in [-0.15, -0.1) is 0 Å². The molecule has 0 amide bonds. The topological polar surface area (TPSA) is 32.5 Å². The van der Waals surface area contributed by atoms with Gasteiger partial charge in [0.05, 0.1) is 0 Å². The minimum Gasteiger partial charge on any atom is -0.369 e. The second-order valence-electron chi connectivity index (χ2n) is 4.69. The summed E-state index contributed by atoms with van der Waals surface area (Å²) >= 11 is 0. The predicted molar refractivity (Wildman–Crippen MR) is 73.2 cm³/mol. The van der Waals surface area contributed by atoms with E-state index in [9.17, 15) is 4.39 Å². The minimum atomic E-state index is -0.184. The fourth-order valence-electron chi connectivity index (χ4n) is 2.20. The van der Waals surface area contributed by atoms with Crippen LogP contribution in [0.1, 0.15) is 0 Å². The molecular formula is C14H20FN3. The summed E-state index contributed by atoms with van der Waals surface area (Å²) in [6.45, 7) is 9.29. The van der Waals surface area contributed by atoms with Crippen LogP contribution in [0.4, 0.5) is 10.1 Å². The average molecular weight is 249 g/mol. The molecule has 3 nitrogen and oxygen atoms in total. The van der Waals surface area contributed by atoms with Crippen LogP contribution in [0, 0.1) is 5.82 Å². The molecule has 0 atom stereocenters. The van der Waals surface area contributed by atoms with Crippen molar-refractivity contribution in [3.05, 3.63) is 42.2 Å². The lowest BCUT2D eigenvalue weighted by molar-refractivity contribution is 0.277. The smallest absolute Gasteiger partial charge is 0.123 e. The lowest BCUT2D eigenvalue weighted by atomic mass is 10.2. The maximum atomic E-state index is 12.9. The van der Waals surface area contributed by atoms with E-state index in [1.165, 1.54) is 12.1 Å². The number of piperazine rings is 1. The number of benzene rings is 1. The Bertz CT molecular complexity index is 394. The van der Waals surface area contributed by atoms with E-state index in [1.54, 1.807) is 0 Å². The van der Waals surface area contributed by atoms with Gasteiger partial charge in [0, 0.05) is 45.0 Å². The van der Waals surface area contributed by atoms with Gasteiger partial charge in [-0.2, -0.15) is 0 Å². The van der Waals surface area contributed by atoms with Crippen molar-refractivity contribution in [1.82, 2.24) is 4.90 Å². The molecule has 0 spiro atoms. The van der Waals surface area contributed by atoms with Gasteiger partial charge in [0.15, 0.2) is 0 Å². The first kappa shape index (κ1) is 13.1. The van der Waals surface area contributed by atoms with Crippen molar-refractivity contribution in [3.63, 3.8) is 0 Å². The summed E-state index contributed by atoms with van der Waals surface area (Å²) in [4.78, 5) is 4.64. The molecule has 2 N–H and O–H groups in total. The molecule has 0 aromatic heterocycles. The van der Waals surface area contributed by atoms with Crippen LogP contribution < -0.4 is 10.6 Å². The number of nitrogens with two attached hydrogens (primary N) is 1. The molecular weight excluding hydrogens is 229 g/mol. The zero-order valence-corrected chi connectivity index (χ0v) is 10.6. The van der Waals surface area contributed by atoms with E-state index >= 15 is 0 Å². The van der Waals surface area contributed by atoms with Crippen molar-refractivity contribution in [1.29, 1.82) is 0 Å². The Kier molecular flexibility index (Phi) is 4.33. The Morgan fingerprint density at radius 2 is 1.78 bits per heavy atom. The van der Waals surface area contributed by atoms with Crippen LogP contribution in [0.5, 0.6) is 0 Å². The molecule has 1 aromatic rings. The van der Waals surface area contributed by atoms with Gasteiger partial charge in [0.1, 0.15) is 5.82 Å². The zero-order valence-electron chi connectivity index (χ0n) is 10.6. The van der Waals surface area contributed by atoms with Gasteiger partial charge in [-0.05, 0) is 29.8 Å². The third-order valence-corrected chi connectivity index (χ3v) is 3.30. The molecule has 1 heterocycles. The molecule has 1 saturated heterocycles. The third-order valence-electron chi connectivity index (χ3n) is 3.30. The molecule has 0 unspecified atom stereocenters. The Balaban J connectivity index is 1.86. The van der Waals surface area contributed by atoms with Crippen LogP contribution in [-0.4, -0.2) is 44.2 Å². The van der Waals surface area contributed by atoms with Crippen molar-refractivity contribution >= 4 is 5.69 Å². The summed E-state index contributed by atoms with van der Waals surface area (Å²) in [7, 11) is 0. The van der Waals surface area contributed by atoms with E-state index in [2.05, 4.69) is 16.4 Å². The first-order valence-electron chi connectivity index (χ1n) is 6.28. The van der Waals surface area contributed by atoms with Gasteiger partial charge in [-0.1, -0.05) is 6.58 Å². The summed E-state index contributed by atoms with van der Waals surface area (Å²) in [6.07, 6.45) is 0. The van der Waals surface area contributed by atoms with Gasteiger partial charge in [-0.25, -0.2) is 4.39 Å². The molecule has 1 aromatic carbocycles. The van der Waals surface area contributed by atoms with Gasteiger partial charge in [-0.3, -0.25) is 4.90 Å². The second-order valence-corrected chi connectivity index (χ2v) is 4.69. The Morgan fingerprint density at radius 3 is 2.33 bits per heavy atom. The van der Waals surface area contributed by atoms with Crippen LogP contribution in [0.25, 0.3) is 0 Å². The van der Waals surface area contributed by atoms with E-state index in [4.69, 9.17) is 5.73 Å².